The highest BCUT2D eigenvalue weighted by Gasteiger charge is 1.93. The Morgan fingerprint density at radius 1 is 1.36 bits per heavy atom. The fourth-order valence-corrected chi connectivity index (χ4v) is 1.13. The molecule has 0 bridgehead atoms. The number of nitrogens with one attached hydrogen (secondary N) is 1. The summed E-state index contributed by atoms with van der Waals surface area (Å²) in [6.07, 6.45) is 0. The normalized spacial score (nSPS) is 8.64. The molecule has 0 aliphatic carbocycles. The molecule has 0 amide bonds. The summed E-state index contributed by atoms with van der Waals surface area (Å²) in [5, 5.41) is 3.85. The van der Waals surface area contributed by atoms with Crippen LogP contribution in [0.2, 0.25) is 5.02 Å². The quantitative estimate of drug-likeness (QED) is 0.720. The third-order valence-electron chi connectivity index (χ3n) is 1.46. The highest BCUT2D eigenvalue weighted by atomic mass is 35.5. The van der Waals surface area contributed by atoms with Crippen molar-refractivity contribution in [2.45, 2.75) is 6.92 Å². The molecular weight excluding hydrogens is 181 g/mol. The zero-order valence-electron chi connectivity index (χ0n) is 6.52. The molecule has 0 aliphatic heterocycles. The fraction of sp³-hybridized carbons (Fsp3) is 0.250. The molecule has 0 aliphatic rings. The summed E-state index contributed by atoms with van der Waals surface area (Å²) in [6, 6.07) is 5.78. The Morgan fingerprint density at radius 3 is 2.45 bits per heavy atom. The van der Waals surface area contributed by atoms with E-state index in [1.165, 1.54) is 5.56 Å². The van der Waals surface area contributed by atoms with Crippen LogP contribution >= 0.6 is 24.0 Å². The van der Waals surface area contributed by atoms with Gasteiger partial charge in [-0.15, -0.1) is 12.4 Å². The Hall–Kier alpha value is -0.400. The third-order valence-corrected chi connectivity index (χ3v) is 1.69. The number of benzene rings is 1. The van der Waals surface area contributed by atoms with Gasteiger partial charge < -0.3 is 5.32 Å². The predicted molar refractivity (Wildman–Crippen MR) is 53.0 cm³/mol. The van der Waals surface area contributed by atoms with Crippen molar-refractivity contribution in [3.63, 3.8) is 0 Å². The highest BCUT2D eigenvalue weighted by molar-refractivity contribution is 6.30. The van der Waals surface area contributed by atoms with Gasteiger partial charge in [0, 0.05) is 17.8 Å². The number of halogens is 2. The van der Waals surface area contributed by atoms with Crippen molar-refractivity contribution in [2.24, 2.45) is 0 Å². The molecule has 0 atom stereocenters. The molecule has 1 N–H and O–H groups in total. The van der Waals surface area contributed by atoms with Gasteiger partial charge in [0.15, 0.2) is 0 Å². The molecule has 1 aromatic rings. The van der Waals surface area contributed by atoms with Gasteiger partial charge in [-0.25, -0.2) is 0 Å². The Balaban J connectivity index is 0.000001000. The molecule has 0 aromatic heterocycles. The molecule has 0 radical (unpaired) electrons. The van der Waals surface area contributed by atoms with E-state index in [4.69, 9.17) is 11.6 Å². The highest BCUT2D eigenvalue weighted by Crippen LogP contribution is 2.18. The lowest BCUT2D eigenvalue weighted by Gasteiger charge is -2.03. The van der Waals surface area contributed by atoms with Gasteiger partial charge in [-0.2, -0.15) is 0 Å². The van der Waals surface area contributed by atoms with Gasteiger partial charge >= 0.3 is 0 Å². The summed E-state index contributed by atoms with van der Waals surface area (Å²) in [5.41, 5.74) is 2.31. The van der Waals surface area contributed by atoms with Crippen LogP contribution in [0.3, 0.4) is 0 Å². The van der Waals surface area contributed by atoms with E-state index >= 15 is 0 Å². The topological polar surface area (TPSA) is 12.0 Å². The lowest BCUT2D eigenvalue weighted by molar-refractivity contribution is 1.41. The molecule has 1 aromatic carbocycles. The van der Waals surface area contributed by atoms with Crippen LogP contribution in [0, 0.1) is 6.92 Å². The van der Waals surface area contributed by atoms with Crippen LogP contribution in [0.1, 0.15) is 5.56 Å². The average Bonchev–Trinajstić information content (AvgIpc) is 1.88. The van der Waals surface area contributed by atoms with Crippen LogP contribution in [-0.4, -0.2) is 7.05 Å². The second-order valence-corrected chi connectivity index (χ2v) is 2.65. The van der Waals surface area contributed by atoms with Crippen molar-refractivity contribution < 1.29 is 0 Å². The van der Waals surface area contributed by atoms with Gasteiger partial charge in [-0.3, -0.25) is 0 Å². The molecule has 11 heavy (non-hydrogen) atoms. The predicted octanol–water partition coefficient (Wildman–Crippen LogP) is 3.11. The summed E-state index contributed by atoms with van der Waals surface area (Å²) >= 11 is 5.75. The maximum Gasteiger partial charge on any atom is 0.0410 e. The Bertz CT molecular complexity index is 236. The minimum absolute atomic E-state index is 0. The van der Waals surface area contributed by atoms with Crippen LogP contribution < -0.4 is 5.32 Å². The molecule has 0 saturated heterocycles. The van der Waals surface area contributed by atoms with E-state index in [1.54, 1.807) is 0 Å². The monoisotopic (exact) mass is 191 g/mol. The van der Waals surface area contributed by atoms with Crippen molar-refractivity contribution >= 4 is 29.7 Å². The average molecular weight is 192 g/mol. The summed E-state index contributed by atoms with van der Waals surface area (Å²) < 4.78 is 0. The van der Waals surface area contributed by atoms with E-state index in [9.17, 15) is 0 Å². The van der Waals surface area contributed by atoms with Crippen molar-refractivity contribution in [1.82, 2.24) is 0 Å². The zero-order chi connectivity index (χ0) is 7.56. The minimum atomic E-state index is 0. The van der Waals surface area contributed by atoms with Crippen molar-refractivity contribution in [2.75, 3.05) is 12.4 Å². The smallest absolute Gasteiger partial charge is 0.0410 e. The molecule has 0 heterocycles. The van der Waals surface area contributed by atoms with E-state index in [0.29, 0.717) is 0 Å². The second-order valence-electron chi connectivity index (χ2n) is 2.21. The maximum absolute atomic E-state index is 5.75. The first-order valence-corrected chi connectivity index (χ1v) is 3.55. The second kappa shape index (κ2) is 4.47. The van der Waals surface area contributed by atoms with Crippen molar-refractivity contribution in [3.8, 4) is 0 Å². The lowest BCUT2D eigenvalue weighted by atomic mass is 10.2. The number of hydrogen-bond donors (Lipinski definition) is 1. The van der Waals surface area contributed by atoms with E-state index in [2.05, 4.69) is 5.32 Å². The molecule has 3 heteroatoms. The number of aryl methyl sites for hydroxylation is 1. The van der Waals surface area contributed by atoms with Crippen molar-refractivity contribution in [3.05, 3.63) is 28.8 Å². The molecule has 1 rings (SSSR count). The molecule has 62 valence electrons. The lowest BCUT2D eigenvalue weighted by Crippen LogP contribution is -1.89. The SMILES string of the molecule is CNc1ccc(Cl)cc1C.Cl. The van der Waals surface area contributed by atoms with E-state index in [1.807, 2.05) is 32.2 Å². The molecule has 0 unspecified atom stereocenters. The summed E-state index contributed by atoms with van der Waals surface area (Å²) in [6.45, 7) is 2.03. The summed E-state index contributed by atoms with van der Waals surface area (Å²) in [5.74, 6) is 0. The van der Waals surface area contributed by atoms with E-state index < -0.39 is 0 Å². The molecular formula is C8H11Cl2N. The Labute approximate surface area is 78.2 Å². The minimum Gasteiger partial charge on any atom is -0.388 e. The Morgan fingerprint density at radius 2 is 2.00 bits per heavy atom. The van der Waals surface area contributed by atoms with Crippen LogP contribution in [0.15, 0.2) is 18.2 Å². The van der Waals surface area contributed by atoms with Crippen LogP contribution in [0.4, 0.5) is 5.69 Å². The van der Waals surface area contributed by atoms with Crippen LogP contribution in [0.25, 0.3) is 0 Å². The largest absolute Gasteiger partial charge is 0.388 e. The summed E-state index contributed by atoms with van der Waals surface area (Å²) in [4.78, 5) is 0. The zero-order valence-corrected chi connectivity index (χ0v) is 8.09. The number of anilines is 1. The van der Waals surface area contributed by atoms with Gasteiger partial charge in [0.2, 0.25) is 0 Å². The molecule has 0 spiro atoms. The van der Waals surface area contributed by atoms with Gasteiger partial charge in [0.05, 0.1) is 0 Å². The third kappa shape index (κ3) is 2.60. The first-order valence-electron chi connectivity index (χ1n) is 3.18. The van der Waals surface area contributed by atoms with Gasteiger partial charge in [-0.05, 0) is 30.7 Å². The van der Waals surface area contributed by atoms with Crippen molar-refractivity contribution in [1.29, 1.82) is 0 Å². The van der Waals surface area contributed by atoms with Gasteiger partial charge in [-0.1, -0.05) is 11.6 Å². The van der Waals surface area contributed by atoms with E-state index in [-0.39, 0.29) is 12.4 Å². The fourth-order valence-electron chi connectivity index (χ4n) is 0.908. The number of rotatable bonds is 1. The van der Waals surface area contributed by atoms with Gasteiger partial charge in [0.1, 0.15) is 0 Å². The molecule has 0 saturated carbocycles. The first-order chi connectivity index (χ1) is 4.74. The van der Waals surface area contributed by atoms with Crippen LogP contribution in [-0.2, 0) is 0 Å². The van der Waals surface area contributed by atoms with Crippen LogP contribution in [0.5, 0.6) is 0 Å². The Kier molecular flexibility index (Phi) is 4.31. The number of hydrogen-bond acceptors (Lipinski definition) is 1. The first kappa shape index (κ1) is 10.6. The maximum atomic E-state index is 5.75. The molecule has 0 fully saturated rings. The van der Waals surface area contributed by atoms with E-state index in [0.717, 1.165) is 10.7 Å². The molecule has 1 nitrogen and oxygen atoms in total. The van der Waals surface area contributed by atoms with Gasteiger partial charge in [0.25, 0.3) is 0 Å². The summed E-state index contributed by atoms with van der Waals surface area (Å²) in [7, 11) is 1.90. The standard InChI is InChI=1S/C8H10ClN.ClH/c1-6-5-7(9)3-4-8(6)10-2;/h3-5,10H,1-2H3;1H.